The van der Waals surface area contributed by atoms with Crippen LogP contribution >= 0.6 is 0 Å². The number of hydrogen-bond donors (Lipinski definition) is 3. The fourth-order valence-electron chi connectivity index (χ4n) is 1.06. The summed E-state index contributed by atoms with van der Waals surface area (Å²) in [5, 5.41) is 10.0. The number of likely N-dealkylation sites (N-methyl/N-ethyl adjacent to an activating group) is 2. The molecule has 0 spiro atoms. The van der Waals surface area contributed by atoms with Crippen LogP contribution in [0.1, 0.15) is 6.42 Å². The molecule has 0 bridgehead atoms. The van der Waals surface area contributed by atoms with Gasteiger partial charge in [0, 0.05) is 32.7 Å². The standard InChI is InChI=1S/C9H23FN4/c1-11-5-6-13-4-3-8-14(10)9-7-12-2/h11-13H,3-9H2,1-2H3. The van der Waals surface area contributed by atoms with Crippen molar-refractivity contribution in [3.05, 3.63) is 0 Å². The molecule has 0 aliphatic carbocycles. The smallest absolute Gasteiger partial charge is 0.0415 e. The second-order valence-electron chi connectivity index (χ2n) is 3.22. The van der Waals surface area contributed by atoms with Gasteiger partial charge in [-0.05, 0) is 27.1 Å². The molecule has 0 saturated carbocycles. The fourth-order valence-corrected chi connectivity index (χ4v) is 1.06. The van der Waals surface area contributed by atoms with Gasteiger partial charge < -0.3 is 16.0 Å². The molecule has 0 aliphatic rings. The predicted octanol–water partition coefficient (Wildman–Crippen LogP) is -0.409. The molecule has 0 aromatic carbocycles. The Balaban J connectivity index is 3.02. The first-order chi connectivity index (χ1) is 6.81. The van der Waals surface area contributed by atoms with Gasteiger partial charge >= 0.3 is 0 Å². The van der Waals surface area contributed by atoms with Crippen LogP contribution in [-0.4, -0.2) is 58.5 Å². The zero-order chi connectivity index (χ0) is 10.6. The lowest BCUT2D eigenvalue weighted by Crippen LogP contribution is -2.29. The van der Waals surface area contributed by atoms with Crippen LogP contribution < -0.4 is 16.0 Å². The molecule has 0 fully saturated rings. The Hall–Kier alpha value is -0.230. The zero-order valence-corrected chi connectivity index (χ0v) is 9.27. The lowest BCUT2D eigenvalue weighted by molar-refractivity contribution is 0.0263. The molecule has 0 radical (unpaired) electrons. The lowest BCUT2D eigenvalue weighted by Gasteiger charge is -2.11. The van der Waals surface area contributed by atoms with Gasteiger partial charge in [-0.2, -0.15) is 0 Å². The van der Waals surface area contributed by atoms with Crippen molar-refractivity contribution in [3.63, 3.8) is 0 Å². The van der Waals surface area contributed by atoms with Gasteiger partial charge in [-0.3, -0.25) is 0 Å². The molecule has 4 nitrogen and oxygen atoms in total. The largest absolute Gasteiger partial charge is 0.318 e. The maximum Gasteiger partial charge on any atom is 0.0415 e. The van der Waals surface area contributed by atoms with Crippen molar-refractivity contribution in [3.8, 4) is 0 Å². The van der Waals surface area contributed by atoms with E-state index in [1.807, 2.05) is 14.1 Å². The summed E-state index contributed by atoms with van der Waals surface area (Å²) in [5.41, 5.74) is 0. The second-order valence-corrected chi connectivity index (χ2v) is 3.22. The molecule has 5 heteroatoms. The topological polar surface area (TPSA) is 39.3 Å². The average molecular weight is 206 g/mol. The summed E-state index contributed by atoms with van der Waals surface area (Å²) in [7, 11) is 3.75. The van der Waals surface area contributed by atoms with Crippen molar-refractivity contribution >= 4 is 0 Å². The number of rotatable bonds is 10. The van der Waals surface area contributed by atoms with E-state index in [-0.39, 0.29) is 0 Å². The van der Waals surface area contributed by atoms with Crippen LogP contribution in [-0.2, 0) is 0 Å². The van der Waals surface area contributed by atoms with E-state index in [1.54, 1.807) is 0 Å². The SMILES string of the molecule is CNCCNCCCN(F)CCNC. The van der Waals surface area contributed by atoms with Crippen molar-refractivity contribution in [1.82, 2.24) is 21.1 Å². The van der Waals surface area contributed by atoms with E-state index < -0.39 is 0 Å². The summed E-state index contributed by atoms with van der Waals surface area (Å²) in [6.07, 6.45) is 0.851. The monoisotopic (exact) mass is 206 g/mol. The quantitative estimate of drug-likeness (QED) is 0.336. The van der Waals surface area contributed by atoms with Crippen molar-refractivity contribution in [1.29, 1.82) is 0 Å². The Bertz CT molecular complexity index is 113. The fraction of sp³-hybridized carbons (Fsp3) is 1.00. The Morgan fingerprint density at radius 1 is 0.929 bits per heavy atom. The summed E-state index contributed by atoms with van der Waals surface area (Å²) in [6.45, 7) is 4.45. The molecule has 0 saturated heterocycles. The van der Waals surface area contributed by atoms with E-state index in [0.717, 1.165) is 31.2 Å². The molecule has 3 N–H and O–H groups in total. The summed E-state index contributed by atoms with van der Waals surface area (Å²) in [5.74, 6) is 0. The van der Waals surface area contributed by atoms with Gasteiger partial charge in [0.25, 0.3) is 0 Å². The third-order valence-corrected chi connectivity index (χ3v) is 1.91. The summed E-state index contributed by atoms with van der Waals surface area (Å²) in [6, 6.07) is 0. The first-order valence-electron chi connectivity index (χ1n) is 5.22. The van der Waals surface area contributed by atoms with Crippen LogP contribution in [0.2, 0.25) is 0 Å². The third kappa shape index (κ3) is 9.85. The minimum atomic E-state index is 0.465. The van der Waals surface area contributed by atoms with Crippen LogP contribution in [0, 0.1) is 0 Å². The molecule has 0 unspecified atom stereocenters. The van der Waals surface area contributed by atoms with E-state index in [1.165, 1.54) is 0 Å². The molecular weight excluding hydrogens is 183 g/mol. The summed E-state index contributed by atoms with van der Waals surface area (Å²) in [4.78, 5) is 0. The van der Waals surface area contributed by atoms with Crippen molar-refractivity contribution < 1.29 is 4.48 Å². The third-order valence-electron chi connectivity index (χ3n) is 1.91. The molecule has 86 valence electrons. The maximum absolute atomic E-state index is 12.9. The van der Waals surface area contributed by atoms with Crippen LogP contribution in [0.25, 0.3) is 0 Å². The Labute approximate surface area is 86.2 Å². The molecule has 0 aromatic heterocycles. The molecule has 0 atom stereocenters. The van der Waals surface area contributed by atoms with E-state index >= 15 is 0 Å². The van der Waals surface area contributed by atoms with Gasteiger partial charge in [-0.1, -0.05) is 0 Å². The molecular formula is C9H23FN4. The molecule has 0 aliphatic heterocycles. The van der Waals surface area contributed by atoms with E-state index in [2.05, 4.69) is 16.0 Å². The minimum Gasteiger partial charge on any atom is -0.318 e. The summed E-state index contributed by atoms with van der Waals surface area (Å²) < 4.78 is 12.9. The summed E-state index contributed by atoms with van der Waals surface area (Å²) >= 11 is 0. The van der Waals surface area contributed by atoms with Gasteiger partial charge in [0.1, 0.15) is 0 Å². The van der Waals surface area contributed by atoms with E-state index in [9.17, 15) is 4.48 Å². The maximum atomic E-state index is 12.9. The Morgan fingerprint density at radius 2 is 1.64 bits per heavy atom. The highest BCUT2D eigenvalue weighted by Gasteiger charge is 1.99. The number of hydrogen-bond acceptors (Lipinski definition) is 4. The van der Waals surface area contributed by atoms with Gasteiger partial charge in [0.2, 0.25) is 0 Å². The van der Waals surface area contributed by atoms with Gasteiger partial charge in [-0.25, -0.2) is 0 Å². The van der Waals surface area contributed by atoms with E-state index in [0.29, 0.717) is 19.6 Å². The molecule has 0 heterocycles. The van der Waals surface area contributed by atoms with Gasteiger partial charge in [-0.15, -0.1) is 9.60 Å². The second kappa shape index (κ2) is 10.8. The predicted molar refractivity (Wildman–Crippen MR) is 58.0 cm³/mol. The minimum absolute atomic E-state index is 0.465. The lowest BCUT2D eigenvalue weighted by atomic mass is 10.4. The van der Waals surface area contributed by atoms with Crippen LogP contribution in [0.5, 0.6) is 0 Å². The number of halogens is 1. The van der Waals surface area contributed by atoms with Crippen molar-refractivity contribution in [2.24, 2.45) is 0 Å². The van der Waals surface area contributed by atoms with Crippen LogP contribution in [0.15, 0.2) is 0 Å². The molecule has 14 heavy (non-hydrogen) atoms. The highest BCUT2D eigenvalue weighted by Crippen LogP contribution is 1.89. The molecule has 0 aromatic rings. The highest BCUT2D eigenvalue weighted by molar-refractivity contribution is 4.53. The van der Waals surface area contributed by atoms with Crippen LogP contribution in [0.3, 0.4) is 0 Å². The molecule has 0 rings (SSSR count). The highest BCUT2D eigenvalue weighted by atomic mass is 19.2. The molecule has 0 amide bonds. The van der Waals surface area contributed by atoms with Crippen molar-refractivity contribution in [2.45, 2.75) is 6.42 Å². The van der Waals surface area contributed by atoms with E-state index in [4.69, 9.17) is 0 Å². The Morgan fingerprint density at radius 3 is 2.29 bits per heavy atom. The number of nitrogens with zero attached hydrogens (tertiary/aromatic N) is 1. The number of nitrogens with one attached hydrogen (secondary N) is 3. The Kier molecular flexibility index (Phi) is 10.7. The first-order valence-corrected chi connectivity index (χ1v) is 5.22. The zero-order valence-electron chi connectivity index (χ0n) is 9.27. The normalized spacial score (nSPS) is 11.1. The average Bonchev–Trinajstić information content (AvgIpc) is 2.20. The van der Waals surface area contributed by atoms with Crippen LogP contribution in [0.4, 0.5) is 4.48 Å². The van der Waals surface area contributed by atoms with Gasteiger partial charge in [0.15, 0.2) is 0 Å². The van der Waals surface area contributed by atoms with Crippen molar-refractivity contribution in [2.75, 3.05) is 53.4 Å². The van der Waals surface area contributed by atoms with Gasteiger partial charge in [0.05, 0.1) is 0 Å². The first kappa shape index (κ1) is 13.8.